The van der Waals surface area contributed by atoms with E-state index in [1.54, 1.807) is 0 Å². The predicted molar refractivity (Wildman–Crippen MR) is 52.4 cm³/mol. The Bertz CT molecular complexity index is 170. The molecule has 3 unspecified atom stereocenters. The third kappa shape index (κ3) is 1.50. The lowest BCUT2D eigenvalue weighted by molar-refractivity contribution is -0.0310. The molecule has 2 fully saturated rings. The molecule has 3 atom stereocenters. The van der Waals surface area contributed by atoms with Gasteiger partial charge in [-0.25, -0.2) is 0 Å². The highest BCUT2D eigenvalue weighted by Crippen LogP contribution is 2.37. The van der Waals surface area contributed by atoms with Gasteiger partial charge in [0.05, 0.1) is 6.10 Å². The topological polar surface area (TPSA) is 21.3 Å². The van der Waals surface area contributed by atoms with E-state index in [-0.39, 0.29) is 5.72 Å². The molecule has 0 bridgehead atoms. The Hall–Kier alpha value is 0.270. The van der Waals surface area contributed by atoms with Crippen molar-refractivity contribution in [1.82, 2.24) is 5.32 Å². The van der Waals surface area contributed by atoms with Crippen LogP contribution in [0.3, 0.4) is 0 Å². The zero-order valence-electron chi connectivity index (χ0n) is 7.80. The van der Waals surface area contributed by atoms with Crippen LogP contribution >= 0.6 is 11.8 Å². The molecule has 3 heteroatoms. The summed E-state index contributed by atoms with van der Waals surface area (Å²) in [4.78, 5) is 0. The molecular weight excluding hydrogens is 170 g/mol. The maximum Gasteiger partial charge on any atom is 0.128 e. The first-order valence-corrected chi connectivity index (χ1v) is 5.80. The van der Waals surface area contributed by atoms with Crippen molar-refractivity contribution in [3.63, 3.8) is 0 Å². The number of thioether (sulfide) groups is 1. The third-order valence-electron chi connectivity index (χ3n) is 2.73. The number of hydrogen-bond donors (Lipinski definition) is 1. The van der Waals surface area contributed by atoms with Crippen LogP contribution in [-0.4, -0.2) is 29.4 Å². The second-order valence-corrected chi connectivity index (χ2v) is 5.23. The summed E-state index contributed by atoms with van der Waals surface area (Å²) in [6.45, 7) is 5.34. The lowest BCUT2D eigenvalue weighted by atomic mass is 10.1. The predicted octanol–water partition coefficient (Wildman–Crippen LogP) is 1.61. The van der Waals surface area contributed by atoms with Crippen molar-refractivity contribution < 1.29 is 4.74 Å². The van der Waals surface area contributed by atoms with Gasteiger partial charge in [-0.15, -0.1) is 0 Å². The number of ether oxygens (including phenoxy) is 1. The van der Waals surface area contributed by atoms with Gasteiger partial charge in [0.2, 0.25) is 0 Å². The molecule has 2 aliphatic heterocycles. The fourth-order valence-corrected chi connectivity index (χ4v) is 3.46. The molecule has 0 amide bonds. The van der Waals surface area contributed by atoms with Gasteiger partial charge in [-0.05, 0) is 32.4 Å². The maximum atomic E-state index is 5.90. The summed E-state index contributed by atoms with van der Waals surface area (Å²) in [5, 5.41) is 4.15. The fourth-order valence-electron chi connectivity index (χ4n) is 2.05. The average Bonchev–Trinajstić information content (AvgIpc) is 2.59. The molecule has 1 N–H and O–H groups in total. The van der Waals surface area contributed by atoms with Crippen molar-refractivity contribution in [3.05, 3.63) is 0 Å². The molecule has 0 radical (unpaired) electrons. The Morgan fingerprint density at radius 2 is 2.42 bits per heavy atom. The molecule has 2 aliphatic rings. The van der Waals surface area contributed by atoms with E-state index in [1.165, 1.54) is 18.6 Å². The summed E-state index contributed by atoms with van der Waals surface area (Å²) in [5.41, 5.74) is -0.0411. The molecule has 0 aromatic rings. The van der Waals surface area contributed by atoms with Crippen molar-refractivity contribution in [2.24, 2.45) is 0 Å². The van der Waals surface area contributed by atoms with Gasteiger partial charge in [0.1, 0.15) is 5.72 Å². The largest absolute Gasteiger partial charge is 0.355 e. The van der Waals surface area contributed by atoms with E-state index in [4.69, 9.17) is 4.74 Å². The first kappa shape index (κ1) is 8.85. The molecule has 2 nitrogen and oxygen atoms in total. The van der Waals surface area contributed by atoms with Crippen molar-refractivity contribution in [2.45, 2.75) is 43.8 Å². The van der Waals surface area contributed by atoms with Gasteiger partial charge in [0.25, 0.3) is 0 Å². The quantitative estimate of drug-likeness (QED) is 0.674. The van der Waals surface area contributed by atoms with Crippen LogP contribution in [0.2, 0.25) is 0 Å². The molecule has 0 aliphatic carbocycles. The van der Waals surface area contributed by atoms with Crippen LogP contribution in [0, 0.1) is 0 Å². The Morgan fingerprint density at radius 1 is 1.58 bits per heavy atom. The van der Waals surface area contributed by atoms with Gasteiger partial charge in [0, 0.05) is 11.8 Å². The summed E-state index contributed by atoms with van der Waals surface area (Å²) in [7, 11) is 0. The van der Waals surface area contributed by atoms with Crippen LogP contribution in [0.1, 0.15) is 26.7 Å². The Labute approximate surface area is 78.4 Å². The van der Waals surface area contributed by atoms with Gasteiger partial charge < -0.3 is 4.74 Å². The van der Waals surface area contributed by atoms with Crippen LogP contribution in [0.25, 0.3) is 0 Å². The van der Waals surface area contributed by atoms with E-state index in [0.717, 1.165) is 6.54 Å². The van der Waals surface area contributed by atoms with Crippen molar-refractivity contribution >= 4 is 11.8 Å². The molecule has 2 heterocycles. The molecule has 0 spiro atoms. The Morgan fingerprint density at radius 3 is 2.92 bits per heavy atom. The van der Waals surface area contributed by atoms with Crippen molar-refractivity contribution in [1.29, 1.82) is 0 Å². The number of hydrogen-bond acceptors (Lipinski definition) is 3. The second-order valence-electron chi connectivity index (χ2n) is 3.92. The van der Waals surface area contributed by atoms with Crippen LogP contribution in [0.4, 0.5) is 0 Å². The molecule has 2 rings (SSSR count). The Kier molecular flexibility index (Phi) is 2.36. The highest BCUT2D eigenvalue weighted by molar-refractivity contribution is 8.00. The lowest BCUT2D eigenvalue weighted by Crippen LogP contribution is -2.46. The van der Waals surface area contributed by atoms with Crippen molar-refractivity contribution in [2.75, 3.05) is 12.3 Å². The fraction of sp³-hybridized carbons (Fsp3) is 1.00. The van der Waals surface area contributed by atoms with Crippen LogP contribution in [-0.2, 0) is 4.74 Å². The van der Waals surface area contributed by atoms with E-state index in [2.05, 4.69) is 30.9 Å². The zero-order valence-corrected chi connectivity index (χ0v) is 8.62. The van der Waals surface area contributed by atoms with Crippen LogP contribution < -0.4 is 5.32 Å². The van der Waals surface area contributed by atoms with Gasteiger partial charge in [-0.3, -0.25) is 5.32 Å². The normalized spacial score (nSPS) is 48.5. The highest BCUT2D eigenvalue weighted by atomic mass is 32.2. The molecule has 70 valence electrons. The first-order chi connectivity index (χ1) is 5.71. The summed E-state index contributed by atoms with van der Waals surface area (Å²) < 4.78 is 5.90. The second kappa shape index (κ2) is 3.20. The smallest absolute Gasteiger partial charge is 0.128 e. The molecule has 0 aromatic heterocycles. The molecule has 0 aromatic carbocycles. The molecule has 12 heavy (non-hydrogen) atoms. The van der Waals surface area contributed by atoms with Gasteiger partial charge >= 0.3 is 0 Å². The number of nitrogens with one attached hydrogen (secondary N) is 1. The SMILES string of the molecule is CC1CNC(C)(C2CCCS2)O1. The zero-order chi connectivity index (χ0) is 8.60. The number of rotatable bonds is 1. The van der Waals surface area contributed by atoms with Gasteiger partial charge in [0.15, 0.2) is 0 Å². The van der Waals surface area contributed by atoms with Crippen LogP contribution in [0.15, 0.2) is 0 Å². The molecular formula is C9H17NOS. The standard InChI is InChI=1S/C9H17NOS/c1-7-6-10-9(2,11-7)8-4-3-5-12-8/h7-8,10H,3-6H2,1-2H3. The van der Waals surface area contributed by atoms with Gasteiger partial charge in [-0.1, -0.05) is 0 Å². The van der Waals surface area contributed by atoms with Gasteiger partial charge in [-0.2, -0.15) is 11.8 Å². The Balaban J connectivity index is 2.00. The minimum absolute atomic E-state index is 0.0411. The van der Waals surface area contributed by atoms with E-state index in [0.29, 0.717) is 11.4 Å². The maximum absolute atomic E-state index is 5.90. The van der Waals surface area contributed by atoms with E-state index < -0.39 is 0 Å². The lowest BCUT2D eigenvalue weighted by Gasteiger charge is -2.30. The highest BCUT2D eigenvalue weighted by Gasteiger charge is 2.42. The van der Waals surface area contributed by atoms with E-state index >= 15 is 0 Å². The molecule has 2 saturated heterocycles. The minimum Gasteiger partial charge on any atom is -0.355 e. The summed E-state index contributed by atoms with van der Waals surface area (Å²) >= 11 is 2.05. The summed E-state index contributed by atoms with van der Waals surface area (Å²) in [6, 6.07) is 0. The monoisotopic (exact) mass is 187 g/mol. The summed E-state index contributed by atoms with van der Waals surface area (Å²) in [5.74, 6) is 1.31. The van der Waals surface area contributed by atoms with Crippen LogP contribution in [0.5, 0.6) is 0 Å². The van der Waals surface area contributed by atoms with E-state index in [1.807, 2.05) is 0 Å². The summed E-state index contributed by atoms with van der Waals surface area (Å²) in [6.07, 6.45) is 3.04. The minimum atomic E-state index is -0.0411. The molecule has 0 saturated carbocycles. The van der Waals surface area contributed by atoms with Crippen molar-refractivity contribution in [3.8, 4) is 0 Å². The van der Waals surface area contributed by atoms with E-state index in [9.17, 15) is 0 Å². The first-order valence-electron chi connectivity index (χ1n) is 4.75. The third-order valence-corrected chi connectivity index (χ3v) is 4.34. The average molecular weight is 187 g/mol.